The quantitative estimate of drug-likeness (QED) is 0.890. The Hall–Kier alpha value is -0.380. The highest BCUT2D eigenvalue weighted by atomic mass is 79.9. The number of halogens is 1. The van der Waals surface area contributed by atoms with Gasteiger partial charge in [-0.25, -0.2) is 0 Å². The number of hydrogen-bond donors (Lipinski definition) is 1. The van der Waals surface area contributed by atoms with E-state index in [0.29, 0.717) is 0 Å². The van der Waals surface area contributed by atoms with Crippen LogP contribution >= 0.6 is 15.9 Å². The first-order valence-electron chi connectivity index (χ1n) is 5.23. The molecule has 1 unspecified atom stereocenters. The Kier molecular flexibility index (Phi) is 5.29. The molecule has 2 nitrogen and oxygen atoms in total. The average molecular weight is 272 g/mol. The van der Waals surface area contributed by atoms with Gasteiger partial charge in [-0.1, -0.05) is 35.0 Å². The second kappa shape index (κ2) is 6.26. The predicted molar refractivity (Wildman–Crippen MR) is 66.8 cm³/mol. The lowest BCUT2D eigenvalue weighted by Crippen LogP contribution is -2.28. The highest BCUT2D eigenvalue weighted by molar-refractivity contribution is 9.10. The van der Waals surface area contributed by atoms with Crippen LogP contribution < -0.4 is 0 Å². The summed E-state index contributed by atoms with van der Waals surface area (Å²) in [6.45, 7) is 3.61. The van der Waals surface area contributed by atoms with E-state index in [9.17, 15) is 5.11 Å². The van der Waals surface area contributed by atoms with Gasteiger partial charge in [-0.3, -0.25) is 4.90 Å². The van der Waals surface area contributed by atoms with Gasteiger partial charge in [0.2, 0.25) is 0 Å². The first-order valence-corrected chi connectivity index (χ1v) is 6.02. The number of benzene rings is 1. The van der Waals surface area contributed by atoms with Gasteiger partial charge in [0.25, 0.3) is 0 Å². The van der Waals surface area contributed by atoms with Gasteiger partial charge in [-0.05, 0) is 31.2 Å². The van der Waals surface area contributed by atoms with Crippen molar-refractivity contribution in [2.24, 2.45) is 0 Å². The number of hydrogen-bond acceptors (Lipinski definition) is 2. The Bertz CT molecular complexity index is 286. The fraction of sp³-hybridized carbons (Fsp3) is 0.500. The van der Waals surface area contributed by atoms with Crippen molar-refractivity contribution in [3.63, 3.8) is 0 Å². The van der Waals surface area contributed by atoms with E-state index in [1.54, 1.807) is 0 Å². The van der Waals surface area contributed by atoms with Gasteiger partial charge in [0, 0.05) is 17.6 Å². The zero-order chi connectivity index (χ0) is 11.3. The molecule has 1 aromatic carbocycles. The van der Waals surface area contributed by atoms with Crippen LogP contribution in [0, 0.1) is 0 Å². The molecule has 0 bridgehead atoms. The SMILES string of the molecule is CCC(O)CN(C)Cc1ccc(Br)cc1. The fourth-order valence-corrected chi connectivity index (χ4v) is 1.72. The van der Waals surface area contributed by atoms with Crippen LogP contribution in [0.4, 0.5) is 0 Å². The molecule has 0 heterocycles. The molecule has 0 amide bonds. The lowest BCUT2D eigenvalue weighted by Gasteiger charge is -2.19. The normalized spacial score (nSPS) is 13.1. The van der Waals surface area contributed by atoms with E-state index in [1.807, 2.05) is 26.1 Å². The molecule has 0 spiro atoms. The summed E-state index contributed by atoms with van der Waals surface area (Å²) in [4.78, 5) is 2.14. The molecule has 1 N–H and O–H groups in total. The van der Waals surface area contributed by atoms with Gasteiger partial charge in [0.05, 0.1) is 6.10 Å². The monoisotopic (exact) mass is 271 g/mol. The highest BCUT2D eigenvalue weighted by Gasteiger charge is 2.06. The first kappa shape index (κ1) is 12.7. The number of likely N-dealkylation sites (N-methyl/N-ethyl adjacent to an activating group) is 1. The highest BCUT2D eigenvalue weighted by Crippen LogP contribution is 2.11. The van der Waals surface area contributed by atoms with Gasteiger partial charge >= 0.3 is 0 Å². The maximum atomic E-state index is 9.50. The first-order chi connectivity index (χ1) is 7.11. The molecule has 15 heavy (non-hydrogen) atoms. The van der Waals surface area contributed by atoms with Crippen LogP contribution in [0.3, 0.4) is 0 Å². The van der Waals surface area contributed by atoms with Crippen LogP contribution in [-0.4, -0.2) is 29.7 Å². The molecule has 0 fully saturated rings. The Morgan fingerprint density at radius 2 is 1.93 bits per heavy atom. The van der Waals surface area contributed by atoms with Crippen molar-refractivity contribution in [1.82, 2.24) is 4.90 Å². The molecule has 0 aromatic heterocycles. The predicted octanol–water partition coefficient (Wildman–Crippen LogP) is 2.65. The molecule has 84 valence electrons. The summed E-state index contributed by atoms with van der Waals surface area (Å²) in [5, 5.41) is 9.50. The molecule has 1 rings (SSSR count). The van der Waals surface area contributed by atoms with Crippen molar-refractivity contribution in [1.29, 1.82) is 0 Å². The molecular formula is C12H18BrNO. The molecule has 0 radical (unpaired) electrons. The summed E-state index contributed by atoms with van der Waals surface area (Å²) in [5.74, 6) is 0. The zero-order valence-corrected chi connectivity index (χ0v) is 10.9. The van der Waals surface area contributed by atoms with E-state index >= 15 is 0 Å². The second-order valence-electron chi connectivity index (χ2n) is 3.89. The molecule has 0 saturated heterocycles. The Morgan fingerprint density at radius 1 is 1.33 bits per heavy atom. The van der Waals surface area contributed by atoms with E-state index in [4.69, 9.17) is 0 Å². The van der Waals surface area contributed by atoms with Crippen molar-refractivity contribution in [2.75, 3.05) is 13.6 Å². The van der Waals surface area contributed by atoms with Crippen molar-refractivity contribution in [3.05, 3.63) is 34.3 Å². The summed E-state index contributed by atoms with van der Waals surface area (Å²) < 4.78 is 1.10. The molecule has 0 aliphatic heterocycles. The van der Waals surface area contributed by atoms with E-state index in [2.05, 4.69) is 33.0 Å². The van der Waals surface area contributed by atoms with E-state index in [-0.39, 0.29) is 6.10 Å². The van der Waals surface area contributed by atoms with Gasteiger partial charge in [-0.2, -0.15) is 0 Å². The Morgan fingerprint density at radius 3 is 2.47 bits per heavy atom. The van der Waals surface area contributed by atoms with Gasteiger partial charge < -0.3 is 5.11 Å². The van der Waals surface area contributed by atoms with Crippen LogP contribution in [0.15, 0.2) is 28.7 Å². The zero-order valence-electron chi connectivity index (χ0n) is 9.28. The molecular weight excluding hydrogens is 254 g/mol. The number of aliphatic hydroxyl groups excluding tert-OH is 1. The number of rotatable bonds is 5. The molecule has 1 aromatic rings. The number of nitrogens with zero attached hydrogens (tertiary/aromatic N) is 1. The summed E-state index contributed by atoms with van der Waals surface area (Å²) in [6, 6.07) is 8.27. The molecule has 3 heteroatoms. The summed E-state index contributed by atoms with van der Waals surface area (Å²) in [6.07, 6.45) is 0.593. The maximum Gasteiger partial charge on any atom is 0.0664 e. The standard InChI is InChI=1S/C12H18BrNO/c1-3-12(15)9-14(2)8-10-4-6-11(13)7-5-10/h4-7,12,15H,3,8-9H2,1-2H3. The van der Waals surface area contributed by atoms with Crippen LogP contribution in [0.1, 0.15) is 18.9 Å². The van der Waals surface area contributed by atoms with Crippen LogP contribution in [-0.2, 0) is 6.54 Å². The van der Waals surface area contributed by atoms with Gasteiger partial charge in [0.15, 0.2) is 0 Å². The lowest BCUT2D eigenvalue weighted by molar-refractivity contribution is 0.119. The van der Waals surface area contributed by atoms with Crippen LogP contribution in [0.2, 0.25) is 0 Å². The molecule has 1 atom stereocenters. The number of aliphatic hydroxyl groups is 1. The van der Waals surface area contributed by atoms with Gasteiger partial charge in [0.1, 0.15) is 0 Å². The molecule has 0 aliphatic carbocycles. The van der Waals surface area contributed by atoms with E-state index in [1.165, 1.54) is 5.56 Å². The summed E-state index contributed by atoms with van der Waals surface area (Å²) >= 11 is 3.41. The van der Waals surface area contributed by atoms with E-state index in [0.717, 1.165) is 24.0 Å². The third-order valence-electron chi connectivity index (χ3n) is 2.36. The lowest BCUT2D eigenvalue weighted by atomic mass is 10.2. The van der Waals surface area contributed by atoms with Crippen molar-refractivity contribution < 1.29 is 5.11 Å². The Labute approximate surface area is 100 Å². The average Bonchev–Trinajstić information content (AvgIpc) is 2.21. The minimum absolute atomic E-state index is 0.217. The topological polar surface area (TPSA) is 23.5 Å². The van der Waals surface area contributed by atoms with Gasteiger partial charge in [-0.15, -0.1) is 0 Å². The summed E-state index contributed by atoms with van der Waals surface area (Å²) in [7, 11) is 2.03. The maximum absolute atomic E-state index is 9.50. The smallest absolute Gasteiger partial charge is 0.0664 e. The largest absolute Gasteiger partial charge is 0.392 e. The minimum atomic E-state index is -0.217. The fourth-order valence-electron chi connectivity index (χ4n) is 1.45. The van der Waals surface area contributed by atoms with Crippen molar-refractivity contribution in [3.8, 4) is 0 Å². The minimum Gasteiger partial charge on any atom is -0.392 e. The van der Waals surface area contributed by atoms with Crippen molar-refractivity contribution >= 4 is 15.9 Å². The molecule has 0 aliphatic rings. The third-order valence-corrected chi connectivity index (χ3v) is 2.89. The summed E-state index contributed by atoms with van der Waals surface area (Å²) in [5.41, 5.74) is 1.27. The third kappa shape index (κ3) is 4.78. The Balaban J connectivity index is 2.44. The molecule has 0 saturated carbocycles. The van der Waals surface area contributed by atoms with Crippen LogP contribution in [0.5, 0.6) is 0 Å². The van der Waals surface area contributed by atoms with Crippen molar-refractivity contribution in [2.45, 2.75) is 26.0 Å². The van der Waals surface area contributed by atoms with Crippen LogP contribution in [0.25, 0.3) is 0 Å². The second-order valence-corrected chi connectivity index (χ2v) is 4.80. The van der Waals surface area contributed by atoms with E-state index < -0.39 is 0 Å².